The Morgan fingerprint density at radius 1 is 0.967 bits per heavy atom. The van der Waals surface area contributed by atoms with Crippen LogP contribution >= 0.6 is 11.6 Å². The van der Waals surface area contributed by atoms with Gasteiger partial charge in [0, 0.05) is 13.1 Å². The van der Waals surface area contributed by atoms with Crippen LogP contribution < -0.4 is 5.32 Å². The largest absolute Gasteiger partial charge is 0.325 e. The van der Waals surface area contributed by atoms with Crippen LogP contribution in [0.1, 0.15) is 30.5 Å². The first-order valence-corrected chi connectivity index (χ1v) is 10.1. The first-order chi connectivity index (χ1) is 14.5. The first kappa shape index (κ1) is 19.9. The number of benzene rings is 3. The Morgan fingerprint density at radius 3 is 2.43 bits per heavy atom. The second kappa shape index (κ2) is 8.56. The van der Waals surface area contributed by atoms with E-state index in [1.807, 2.05) is 72.8 Å². The molecule has 0 radical (unpaired) electrons. The smallest absolute Gasteiger partial charge is 0.226 e. The van der Waals surface area contributed by atoms with Gasteiger partial charge in [0.05, 0.1) is 23.2 Å². The highest BCUT2D eigenvalue weighted by atomic mass is 35.5. The fourth-order valence-corrected chi connectivity index (χ4v) is 3.94. The number of carbonyl (C=O) groups excluding carboxylic acids is 2. The van der Waals surface area contributed by atoms with Gasteiger partial charge in [-0.2, -0.15) is 0 Å². The van der Waals surface area contributed by atoms with Crippen molar-refractivity contribution in [2.24, 2.45) is 0 Å². The van der Waals surface area contributed by atoms with Crippen LogP contribution in [0, 0.1) is 0 Å². The molecule has 0 saturated heterocycles. The predicted octanol–water partition coefficient (Wildman–Crippen LogP) is 5.91. The van der Waals surface area contributed by atoms with Gasteiger partial charge in [0.1, 0.15) is 0 Å². The molecule has 1 heterocycles. The van der Waals surface area contributed by atoms with Gasteiger partial charge in [-0.15, -0.1) is 0 Å². The number of anilines is 1. The van der Waals surface area contributed by atoms with Crippen LogP contribution in [-0.4, -0.2) is 16.7 Å². The van der Waals surface area contributed by atoms with Gasteiger partial charge in [0.2, 0.25) is 11.8 Å². The molecule has 4 nitrogen and oxygen atoms in total. The number of hydrogen-bond donors (Lipinski definition) is 1. The maximum Gasteiger partial charge on any atom is 0.226 e. The zero-order valence-electron chi connectivity index (χ0n) is 16.5. The molecule has 5 heteroatoms. The number of amides is 2. The van der Waals surface area contributed by atoms with E-state index in [-0.39, 0.29) is 24.3 Å². The molecule has 1 atom stereocenters. The summed E-state index contributed by atoms with van der Waals surface area (Å²) in [5, 5.41) is 3.36. The lowest BCUT2D eigenvalue weighted by atomic mass is 9.93. The molecule has 4 rings (SSSR count). The predicted molar refractivity (Wildman–Crippen MR) is 121 cm³/mol. The van der Waals surface area contributed by atoms with Crippen molar-refractivity contribution >= 4 is 35.2 Å². The van der Waals surface area contributed by atoms with Gasteiger partial charge in [-0.3, -0.25) is 9.59 Å². The van der Waals surface area contributed by atoms with E-state index >= 15 is 0 Å². The fraction of sp³-hybridized carbons (Fsp3) is 0.120. The molecule has 3 aromatic carbocycles. The van der Waals surface area contributed by atoms with Gasteiger partial charge in [-0.05, 0) is 40.5 Å². The summed E-state index contributed by atoms with van der Waals surface area (Å²) in [5.41, 5.74) is 4.55. The van der Waals surface area contributed by atoms with Crippen molar-refractivity contribution in [3.63, 3.8) is 0 Å². The average Bonchev–Trinajstić information content (AvgIpc) is 2.76. The van der Waals surface area contributed by atoms with Gasteiger partial charge >= 0.3 is 0 Å². The number of halogens is 1. The molecule has 0 bridgehead atoms. The Morgan fingerprint density at radius 2 is 1.70 bits per heavy atom. The molecule has 0 saturated carbocycles. The summed E-state index contributed by atoms with van der Waals surface area (Å²) in [5.74, 6) is -0.311. The molecule has 1 aliphatic rings. The number of rotatable bonds is 4. The highest BCUT2D eigenvalue weighted by Crippen LogP contribution is 2.34. The van der Waals surface area contributed by atoms with Crippen LogP contribution in [0.4, 0.5) is 5.69 Å². The van der Waals surface area contributed by atoms with Crippen LogP contribution in [-0.2, 0) is 9.59 Å². The molecule has 1 aliphatic heterocycles. The third-order valence-corrected chi connectivity index (χ3v) is 5.51. The van der Waals surface area contributed by atoms with Gasteiger partial charge in [0.25, 0.3) is 0 Å². The lowest BCUT2D eigenvalue weighted by Crippen LogP contribution is -2.33. The Kier molecular flexibility index (Phi) is 5.68. The van der Waals surface area contributed by atoms with Gasteiger partial charge in [-0.1, -0.05) is 72.3 Å². The Hall–Kier alpha value is -3.37. The normalized spacial score (nSPS) is 14.9. The minimum atomic E-state index is -0.355. The Balaban J connectivity index is 1.53. The molecule has 150 valence electrons. The second-order valence-electron chi connectivity index (χ2n) is 7.20. The summed E-state index contributed by atoms with van der Waals surface area (Å²) in [6.45, 7) is 1.50. The summed E-state index contributed by atoms with van der Waals surface area (Å²) in [6.07, 6.45) is 3.77. The standard InChI is InChI=1S/C25H21ClN2O2/c1-17(29)28-14-13-19-9-5-6-10-21(19)24(28)16-25(30)27-23-12-11-20(15-22(23)26)18-7-3-2-4-8-18/h2-15,24H,16H2,1H3,(H,27,30)/t24-/m1/s1. The summed E-state index contributed by atoms with van der Waals surface area (Å²) in [6, 6.07) is 22.9. The number of nitrogens with one attached hydrogen (secondary N) is 1. The highest BCUT2D eigenvalue weighted by molar-refractivity contribution is 6.34. The number of nitrogens with zero attached hydrogens (tertiary/aromatic N) is 1. The summed E-state index contributed by atoms with van der Waals surface area (Å²) >= 11 is 6.44. The first-order valence-electron chi connectivity index (χ1n) is 9.74. The van der Waals surface area contributed by atoms with E-state index in [1.54, 1.807) is 17.2 Å². The summed E-state index contributed by atoms with van der Waals surface area (Å²) in [4.78, 5) is 26.5. The van der Waals surface area contributed by atoms with E-state index < -0.39 is 0 Å². The topological polar surface area (TPSA) is 49.4 Å². The van der Waals surface area contributed by atoms with Crippen molar-refractivity contribution in [1.82, 2.24) is 4.90 Å². The molecule has 0 spiro atoms. The van der Waals surface area contributed by atoms with E-state index in [4.69, 9.17) is 11.6 Å². The monoisotopic (exact) mass is 416 g/mol. The molecule has 30 heavy (non-hydrogen) atoms. The molecule has 1 N–H and O–H groups in total. The molecule has 2 amide bonds. The SMILES string of the molecule is CC(=O)N1C=Cc2ccccc2[C@H]1CC(=O)Nc1ccc(-c2ccccc2)cc1Cl. The van der Waals surface area contributed by atoms with Gasteiger partial charge < -0.3 is 10.2 Å². The average molecular weight is 417 g/mol. The number of fused-ring (bicyclic) bond motifs is 1. The molecular weight excluding hydrogens is 396 g/mol. The lowest BCUT2D eigenvalue weighted by Gasteiger charge is -2.32. The summed E-state index contributed by atoms with van der Waals surface area (Å²) in [7, 11) is 0. The zero-order chi connectivity index (χ0) is 21.1. The molecule has 0 unspecified atom stereocenters. The Bertz CT molecular complexity index is 1130. The molecule has 0 aromatic heterocycles. The zero-order valence-corrected chi connectivity index (χ0v) is 17.3. The van der Waals surface area contributed by atoms with Crippen LogP contribution in [0.5, 0.6) is 0 Å². The second-order valence-corrected chi connectivity index (χ2v) is 7.61. The lowest BCUT2D eigenvalue weighted by molar-refractivity contribution is -0.129. The molecular formula is C25H21ClN2O2. The fourth-order valence-electron chi connectivity index (χ4n) is 3.72. The number of hydrogen-bond acceptors (Lipinski definition) is 2. The van der Waals surface area contributed by atoms with Crippen molar-refractivity contribution in [2.45, 2.75) is 19.4 Å². The van der Waals surface area contributed by atoms with Crippen LogP contribution in [0.2, 0.25) is 5.02 Å². The number of carbonyl (C=O) groups is 2. The van der Waals surface area contributed by atoms with E-state index in [2.05, 4.69) is 5.32 Å². The minimum absolute atomic E-state index is 0.108. The van der Waals surface area contributed by atoms with Crippen molar-refractivity contribution < 1.29 is 9.59 Å². The third-order valence-electron chi connectivity index (χ3n) is 5.20. The van der Waals surface area contributed by atoms with Crippen LogP contribution in [0.25, 0.3) is 17.2 Å². The van der Waals surface area contributed by atoms with Crippen molar-refractivity contribution in [2.75, 3.05) is 5.32 Å². The van der Waals surface area contributed by atoms with E-state index in [1.165, 1.54) is 6.92 Å². The maximum atomic E-state index is 12.8. The molecule has 0 aliphatic carbocycles. The van der Waals surface area contributed by atoms with E-state index in [9.17, 15) is 9.59 Å². The quantitative estimate of drug-likeness (QED) is 0.574. The van der Waals surface area contributed by atoms with Crippen LogP contribution in [0.15, 0.2) is 79.0 Å². The van der Waals surface area contributed by atoms with E-state index in [0.29, 0.717) is 10.7 Å². The summed E-state index contributed by atoms with van der Waals surface area (Å²) < 4.78 is 0. The van der Waals surface area contributed by atoms with Crippen molar-refractivity contribution in [3.8, 4) is 11.1 Å². The van der Waals surface area contributed by atoms with E-state index in [0.717, 1.165) is 22.3 Å². The third kappa shape index (κ3) is 4.14. The van der Waals surface area contributed by atoms with Gasteiger partial charge in [-0.25, -0.2) is 0 Å². The maximum absolute atomic E-state index is 12.8. The Labute approximate surface area is 180 Å². The molecule has 0 fully saturated rings. The highest BCUT2D eigenvalue weighted by Gasteiger charge is 2.28. The van der Waals surface area contributed by atoms with Crippen LogP contribution in [0.3, 0.4) is 0 Å². The van der Waals surface area contributed by atoms with Crippen molar-refractivity contribution in [1.29, 1.82) is 0 Å². The van der Waals surface area contributed by atoms with Crippen molar-refractivity contribution in [3.05, 3.63) is 95.1 Å². The molecule has 3 aromatic rings. The minimum Gasteiger partial charge on any atom is -0.325 e. The van der Waals surface area contributed by atoms with Gasteiger partial charge in [0.15, 0.2) is 0 Å².